The number of benzene rings is 1. The van der Waals surface area contributed by atoms with Crippen molar-refractivity contribution < 1.29 is 18.8 Å². The molecule has 0 bridgehead atoms. The Kier molecular flexibility index (Phi) is 5.55. The van der Waals surface area contributed by atoms with Gasteiger partial charge in [0.15, 0.2) is 11.2 Å². The first-order valence-electron chi connectivity index (χ1n) is 11.2. The second kappa shape index (κ2) is 8.70. The van der Waals surface area contributed by atoms with Crippen LogP contribution in [-0.2, 0) is 11.3 Å². The summed E-state index contributed by atoms with van der Waals surface area (Å²) in [5.74, 6) is -1.70. The minimum atomic E-state index is -0.634. The van der Waals surface area contributed by atoms with E-state index in [0.717, 1.165) is 5.56 Å². The van der Waals surface area contributed by atoms with Gasteiger partial charge in [0.2, 0.25) is 5.91 Å². The van der Waals surface area contributed by atoms with Crippen molar-refractivity contribution in [3.8, 4) is 0 Å². The van der Waals surface area contributed by atoms with Crippen LogP contribution in [0.5, 0.6) is 0 Å². The van der Waals surface area contributed by atoms with Gasteiger partial charge in [0.05, 0.1) is 11.7 Å². The number of oxazole rings is 1. The molecule has 35 heavy (non-hydrogen) atoms. The Hall–Kier alpha value is -4.48. The van der Waals surface area contributed by atoms with Crippen molar-refractivity contribution in [3.05, 3.63) is 64.0 Å². The van der Waals surface area contributed by atoms with E-state index in [2.05, 4.69) is 25.7 Å². The topological polar surface area (TPSA) is 155 Å². The maximum Gasteiger partial charge on any atom is 0.417 e. The second-order valence-electron chi connectivity index (χ2n) is 8.60. The summed E-state index contributed by atoms with van der Waals surface area (Å²) in [5.41, 5.74) is 2.13. The van der Waals surface area contributed by atoms with Gasteiger partial charge in [-0.3, -0.25) is 19.4 Å². The predicted molar refractivity (Wildman–Crippen MR) is 124 cm³/mol. The van der Waals surface area contributed by atoms with E-state index in [0.29, 0.717) is 29.7 Å². The number of amides is 3. The molecular formula is C23H23N7O5. The Labute approximate surface area is 198 Å². The Morgan fingerprint density at radius 1 is 1.20 bits per heavy atom. The molecule has 0 aliphatic carbocycles. The standard InChI is InChI=1S/C23H23N7O5/c1-12(2)29-8-6-14(22(29)33)27-21(32)17-10-16(26-19-5-7-25-30(17)19)20(31)24-11-13-3-4-18-15(9-13)28-23(34)35-18/h3-5,7,9-10,12,14H,6,8,11H2,1-2H3,(H,24,31)(H,27,32)(H,28,34)/t14-/m0/s1. The van der Waals surface area contributed by atoms with E-state index in [-0.39, 0.29) is 29.9 Å². The summed E-state index contributed by atoms with van der Waals surface area (Å²) >= 11 is 0. The third kappa shape index (κ3) is 4.25. The third-order valence-electron chi connectivity index (χ3n) is 5.93. The number of carbonyl (C=O) groups excluding carboxylic acids is 3. The molecule has 0 spiro atoms. The molecular weight excluding hydrogens is 454 g/mol. The van der Waals surface area contributed by atoms with Crippen LogP contribution in [0, 0.1) is 0 Å². The van der Waals surface area contributed by atoms with Crippen molar-refractivity contribution in [1.29, 1.82) is 0 Å². The van der Waals surface area contributed by atoms with Gasteiger partial charge >= 0.3 is 5.76 Å². The van der Waals surface area contributed by atoms with Crippen LogP contribution in [0.4, 0.5) is 0 Å². The monoisotopic (exact) mass is 477 g/mol. The van der Waals surface area contributed by atoms with Gasteiger partial charge < -0.3 is 20.0 Å². The van der Waals surface area contributed by atoms with E-state index in [1.807, 2.05) is 13.8 Å². The Bertz CT molecular complexity index is 1520. The number of carbonyl (C=O) groups is 3. The van der Waals surface area contributed by atoms with Crippen molar-refractivity contribution in [2.45, 2.75) is 38.9 Å². The average Bonchev–Trinajstić information content (AvgIpc) is 3.54. The number of fused-ring (bicyclic) bond motifs is 2. The number of hydrogen-bond donors (Lipinski definition) is 3. The highest BCUT2D eigenvalue weighted by atomic mass is 16.4. The first kappa shape index (κ1) is 22.3. The van der Waals surface area contributed by atoms with Crippen LogP contribution in [0.25, 0.3) is 16.7 Å². The lowest BCUT2D eigenvalue weighted by Gasteiger charge is -2.21. The van der Waals surface area contributed by atoms with Crippen LogP contribution in [0.1, 0.15) is 46.8 Å². The minimum absolute atomic E-state index is 0.0301. The molecule has 12 heteroatoms. The van der Waals surface area contributed by atoms with Crippen LogP contribution in [0.3, 0.4) is 0 Å². The summed E-state index contributed by atoms with van der Waals surface area (Å²) in [5, 5.41) is 9.66. The summed E-state index contributed by atoms with van der Waals surface area (Å²) in [6.45, 7) is 4.59. The minimum Gasteiger partial charge on any atom is -0.408 e. The van der Waals surface area contributed by atoms with E-state index in [9.17, 15) is 19.2 Å². The Morgan fingerprint density at radius 3 is 2.80 bits per heavy atom. The largest absolute Gasteiger partial charge is 0.417 e. The summed E-state index contributed by atoms with van der Waals surface area (Å²) < 4.78 is 6.31. The highest BCUT2D eigenvalue weighted by molar-refractivity contribution is 6.00. The maximum absolute atomic E-state index is 13.1. The number of aromatic amines is 1. The van der Waals surface area contributed by atoms with Gasteiger partial charge in [-0.15, -0.1) is 0 Å². The lowest BCUT2D eigenvalue weighted by Crippen LogP contribution is -2.43. The van der Waals surface area contributed by atoms with E-state index < -0.39 is 23.6 Å². The molecule has 3 N–H and O–H groups in total. The van der Waals surface area contributed by atoms with Crippen molar-refractivity contribution >= 4 is 34.5 Å². The van der Waals surface area contributed by atoms with Gasteiger partial charge in [0, 0.05) is 31.3 Å². The molecule has 12 nitrogen and oxygen atoms in total. The molecule has 3 aromatic heterocycles. The quantitative estimate of drug-likeness (QED) is 0.372. The molecule has 4 aromatic rings. The SMILES string of the molecule is CC(C)N1CC[C@H](NC(=O)c2cc(C(=O)NCc3ccc4oc(=O)[nH]c4c3)nc3ccnn23)C1=O. The van der Waals surface area contributed by atoms with Crippen LogP contribution < -0.4 is 16.4 Å². The second-order valence-corrected chi connectivity index (χ2v) is 8.60. The van der Waals surface area contributed by atoms with E-state index in [1.165, 1.54) is 16.8 Å². The molecule has 0 unspecified atom stereocenters. The normalized spacial score (nSPS) is 15.9. The molecule has 1 saturated heterocycles. The first-order valence-corrected chi connectivity index (χ1v) is 11.2. The summed E-state index contributed by atoms with van der Waals surface area (Å²) in [6.07, 6.45) is 1.98. The zero-order valence-corrected chi connectivity index (χ0v) is 19.1. The lowest BCUT2D eigenvalue weighted by molar-refractivity contribution is -0.130. The number of nitrogens with zero attached hydrogens (tertiary/aromatic N) is 4. The van der Waals surface area contributed by atoms with E-state index in [1.54, 1.807) is 29.2 Å². The van der Waals surface area contributed by atoms with Crippen molar-refractivity contribution in [2.24, 2.45) is 0 Å². The van der Waals surface area contributed by atoms with Gasteiger partial charge in [-0.25, -0.2) is 14.3 Å². The molecule has 3 amide bonds. The number of H-pyrrole nitrogens is 1. The summed E-state index contributed by atoms with van der Waals surface area (Å²) in [4.78, 5) is 58.5. The molecule has 4 heterocycles. The third-order valence-corrected chi connectivity index (χ3v) is 5.93. The highest BCUT2D eigenvalue weighted by Crippen LogP contribution is 2.16. The number of likely N-dealkylation sites (tertiary alicyclic amines) is 1. The molecule has 0 radical (unpaired) electrons. The van der Waals surface area contributed by atoms with Gasteiger partial charge in [-0.05, 0) is 38.0 Å². The number of hydrogen-bond acceptors (Lipinski definition) is 7. The van der Waals surface area contributed by atoms with Crippen LogP contribution >= 0.6 is 0 Å². The van der Waals surface area contributed by atoms with Crippen molar-refractivity contribution in [1.82, 2.24) is 35.1 Å². The Balaban J connectivity index is 1.34. The van der Waals surface area contributed by atoms with E-state index in [4.69, 9.17) is 4.42 Å². The number of aromatic nitrogens is 4. The van der Waals surface area contributed by atoms with Gasteiger partial charge in [0.25, 0.3) is 11.8 Å². The van der Waals surface area contributed by atoms with Gasteiger partial charge in [-0.2, -0.15) is 5.10 Å². The van der Waals surface area contributed by atoms with Gasteiger partial charge in [-0.1, -0.05) is 6.07 Å². The summed E-state index contributed by atoms with van der Waals surface area (Å²) in [6, 6.07) is 7.41. The maximum atomic E-state index is 13.1. The molecule has 1 aliphatic rings. The molecule has 1 fully saturated rings. The molecule has 180 valence electrons. The highest BCUT2D eigenvalue weighted by Gasteiger charge is 2.34. The summed E-state index contributed by atoms with van der Waals surface area (Å²) in [7, 11) is 0. The molecule has 1 atom stereocenters. The fraction of sp³-hybridized carbons (Fsp3) is 0.304. The van der Waals surface area contributed by atoms with Crippen molar-refractivity contribution in [2.75, 3.05) is 6.54 Å². The lowest BCUT2D eigenvalue weighted by atomic mass is 10.2. The molecule has 5 rings (SSSR count). The molecule has 0 saturated carbocycles. The van der Waals surface area contributed by atoms with Crippen LogP contribution in [0.15, 0.2) is 45.7 Å². The number of nitrogens with one attached hydrogen (secondary N) is 3. The van der Waals surface area contributed by atoms with Crippen LogP contribution in [-0.4, -0.2) is 60.8 Å². The smallest absolute Gasteiger partial charge is 0.408 e. The van der Waals surface area contributed by atoms with E-state index >= 15 is 0 Å². The number of rotatable bonds is 6. The first-order chi connectivity index (χ1) is 16.8. The Morgan fingerprint density at radius 2 is 2.03 bits per heavy atom. The fourth-order valence-corrected chi connectivity index (χ4v) is 4.15. The van der Waals surface area contributed by atoms with Crippen LogP contribution in [0.2, 0.25) is 0 Å². The van der Waals surface area contributed by atoms with Crippen molar-refractivity contribution in [3.63, 3.8) is 0 Å². The predicted octanol–water partition coefficient (Wildman–Crippen LogP) is 0.833. The zero-order valence-electron chi connectivity index (χ0n) is 19.1. The van der Waals surface area contributed by atoms with Gasteiger partial charge in [0.1, 0.15) is 17.4 Å². The molecule has 1 aromatic carbocycles. The average molecular weight is 477 g/mol. The zero-order chi connectivity index (χ0) is 24.7. The molecule has 1 aliphatic heterocycles. The fourth-order valence-electron chi connectivity index (χ4n) is 4.15.